The van der Waals surface area contributed by atoms with Crippen LogP contribution in [0, 0.1) is 0 Å². The Morgan fingerprint density at radius 1 is 1.32 bits per heavy atom. The Hall–Kier alpha value is -1.55. The zero-order chi connectivity index (χ0) is 13.5. The zero-order valence-corrected chi connectivity index (χ0v) is 12.5. The molecule has 1 heterocycles. The van der Waals surface area contributed by atoms with E-state index in [9.17, 15) is 0 Å². The number of aromatic nitrogens is 1. The second-order valence-electron chi connectivity index (χ2n) is 4.20. The molecular formula is C15H17BrN2O. The predicted molar refractivity (Wildman–Crippen MR) is 81.5 cm³/mol. The summed E-state index contributed by atoms with van der Waals surface area (Å²) < 4.78 is 6.81. The van der Waals surface area contributed by atoms with Gasteiger partial charge in [0.25, 0.3) is 0 Å². The largest absolute Gasteiger partial charge is 0.493 e. The Kier molecular flexibility index (Phi) is 5.21. The number of hydrogen-bond acceptors (Lipinski definition) is 3. The van der Waals surface area contributed by atoms with E-state index < -0.39 is 0 Å². The Morgan fingerprint density at radius 3 is 2.95 bits per heavy atom. The van der Waals surface area contributed by atoms with Crippen molar-refractivity contribution < 1.29 is 4.74 Å². The maximum atomic E-state index is 5.75. The third-order valence-electron chi connectivity index (χ3n) is 2.63. The fraction of sp³-hybridized carbons (Fsp3) is 0.267. The number of nitrogens with one attached hydrogen (secondary N) is 1. The van der Waals surface area contributed by atoms with Gasteiger partial charge in [-0.15, -0.1) is 0 Å². The zero-order valence-electron chi connectivity index (χ0n) is 10.9. The van der Waals surface area contributed by atoms with E-state index in [0.29, 0.717) is 6.54 Å². The van der Waals surface area contributed by atoms with Crippen LogP contribution in [0.1, 0.15) is 18.9 Å². The molecule has 0 aliphatic rings. The molecule has 1 N–H and O–H groups in total. The number of hydrogen-bond donors (Lipinski definition) is 1. The highest BCUT2D eigenvalue weighted by Crippen LogP contribution is 2.24. The maximum Gasteiger partial charge on any atom is 0.124 e. The number of pyridine rings is 1. The van der Waals surface area contributed by atoms with Crippen molar-refractivity contribution in [2.45, 2.75) is 19.9 Å². The molecule has 0 aliphatic heterocycles. The van der Waals surface area contributed by atoms with Crippen molar-refractivity contribution in [1.29, 1.82) is 0 Å². The molecule has 19 heavy (non-hydrogen) atoms. The number of anilines is 1. The van der Waals surface area contributed by atoms with Gasteiger partial charge in [0.15, 0.2) is 0 Å². The van der Waals surface area contributed by atoms with Gasteiger partial charge in [-0.3, -0.25) is 4.98 Å². The number of benzene rings is 1. The van der Waals surface area contributed by atoms with Crippen molar-refractivity contribution in [2.24, 2.45) is 0 Å². The molecule has 0 atom stereocenters. The summed E-state index contributed by atoms with van der Waals surface area (Å²) in [5, 5.41) is 3.34. The van der Waals surface area contributed by atoms with Crippen LogP contribution in [0.4, 0.5) is 5.69 Å². The van der Waals surface area contributed by atoms with E-state index in [4.69, 9.17) is 4.74 Å². The first-order chi connectivity index (χ1) is 9.29. The van der Waals surface area contributed by atoms with Gasteiger partial charge in [0, 0.05) is 29.0 Å². The van der Waals surface area contributed by atoms with Crippen LogP contribution >= 0.6 is 15.9 Å². The average Bonchev–Trinajstić information content (AvgIpc) is 2.45. The lowest BCUT2D eigenvalue weighted by atomic mass is 10.2. The Labute approximate surface area is 122 Å². The van der Waals surface area contributed by atoms with Crippen LogP contribution in [0.5, 0.6) is 5.75 Å². The molecule has 1 aromatic heterocycles. The maximum absolute atomic E-state index is 5.75. The highest BCUT2D eigenvalue weighted by molar-refractivity contribution is 9.10. The quantitative estimate of drug-likeness (QED) is 0.864. The van der Waals surface area contributed by atoms with Gasteiger partial charge < -0.3 is 10.1 Å². The molecule has 0 unspecified atom stereocenters. The van der Waals surface area contributed by atoms with Gasteiger partial charge in [0.1, 0.15) is 5.75 Å². The molecule has 3 nitrogen and oxygen atoms in total. The third kappa shape index (κ3) is 4.24. The summed E-state index contributed by atoms with van der Waals surface area (Å²) >= 11 is 3.50. The molecule has 2 rings (SSSR count). The molecule has 2 aromatic rings. The van der Waals surface area contributed by atoms with Gasteiger partial charge in [-0.2, -0.15) is 0 Å². The second-order valence-corrected chi connectivity index (χ2v) is 5.11. The highest BCUT2D eigenvalue weighted by Gasteiger charge is 2.04. The molecular weight excluding hydrogens is 304 g/mol. The van der Waals surface area contributed by atoms with Crippen LogP contribution in [0.3, 0.4) is 0 Å². The lowest BCUT2D eigenvalue weighted by molar-refractivity contribution is 0.314. The normalized spacial score (nSPS) is 10.2. The van der Waals surface area contributed by atoms with Gasteiger partial charge in [-0.25, -0.2) is 0 Å². The van der Waals surface area contributed by atoms with Gasteiger partial charge >= 0.3 is 0 Å². The summed E-state index contributed by atoms with van der Waals surface area (Å²) in [5.74, 6) is 0.932. The van der Waals surface area contributed by atoms with Gasteiger partial charge in [0.05, 0.1) is 12.3 Å². The molecule has 0 fully saturated rings. The molecule has 4 heteroatoms. The number of halogens is 1. The highest BCUT2D eigenvalue weighted by atomic mass is 79.9. The van der Waals surface area contributed by atoms with Crippen LogP contribution in [0.15, 0.2) is 47.2 Å². The molecule has 1 aromatic carbocycles. The van der Waals surface area contributed by atoms with E-state index in [1.54, 1.807) is 6.20 Å². The summed E-state index contributed by atoms with van der Waals surface area (Å²) in [6.07, 6.45) is 4.58. The minimum absolute atomic E-state index is 0.712. The van der Waals surface area contributed by atoms with Gasteiger partial charge in [-0.1, -0.05) is 22.9 Å². The molecule has 0 spiro atoms. The Balaban J connectivity index is 2.07. The van der Waals surface area contributed by atoms with E-state index in [1.807, 2.05) is 30.5 Å². The average molecular weight is 321 g/mol. The molecule has 0 aliphatic carbocycles. The third-order valence-corrected chi connectivity index (χ3v) is 3.12. The second kappa shape index (κ2) is 7.14. The predicted octanol–water partition coefficient (Wildman–Crippen LogP) is 4.25. The summed E-state index contributed by atoms with van der Waals surface area (Å²) in [6, 6.07) is 9.99. The monoisotopic (exact) mass is 320 g/mol. The van der Waals surface area contributed by atoms with E-state index in [-0.39, 0.29) is 0 Å². The first-order valence-electron chi connectivity index (χ1n) is 6.34. The smallest absolute Gasteiger partial charge is 0.124 e. The van der Waals surface area contributed by atoms with Crippen LogP contribution in [0.2, 0.25) is 0 Å². The van der Waals surface area contributed by atoms with Crippen LogP contribution in [-0.4, -0.2) is 11.6 Å². The summed E-state index contributed by atoms with van der Waals surface area (Å²) in [4.78, 5) is 4.08. The molecule has 0 radical (unpaired) electrons. The van der Waals surface area contributed by atoms with E-state index >= 15 is 0 Å². The number of rotatable bonds is 6. The summed E-state index contributed by atoms with van der Waals surface area (Å²) in [7, 11) is 0. The minimum Gasteiger partial charge on any atom is -0.493 e. The standard InChI is InChI=1S/C15H17BrN2O/c1-2-8-19-15-6-5-13(16)9-12(15)10-18-14-4-3-7-17-11-14/h3-7,9,11,18H,2,8,10H2,1H3. The Morgan fingerprint density at radius 2 is 2.21 bits per heavy atom. The van der Waals surface area contributed by atoms with Crippen molar-refractivity contribution in [1.82, 2.24) is 4.98 Å². The van der Waals surface area contributed by atoms with Crippen LogP contribution in [0.25, 0.3) is 0 Å². The SMILES string of the molecule is CCCOc1ccc(Br)cc1CNc1cccnc1. The van der Waals surface area contributed by atoms with Crippen LogP contribution < -0.4 is 10.1 Å². The van der Waals surface area contributed by atoms with Crippen molar-refractivity contribution in [3.8, 4) is 5.75 Å². The first-order valence-corrected chi connectivity index (χ1v) is 7.14. The Bertz CT molecular complexity index is 517. The first kappa shape index (κ1) is 13.9. The molecule has 100 valence electrons. The van der Waals surface area contributed by atoms with Crippen molar-refractivity contribution >= 4 is 21.6 Å². The molecule has 0 bridgehead atoms. The van der Waals surface area contributed by atoms with E-state index in [2.05, 4.69) is 39.2 Å². The lowest BCUT2D eigenvalue weighted by Crippen LogP contribution is -2.04. The van der Waals surface area contributed by atoms with Gasteiger partial charge in [0.2, 0.25) is 0 Å². The fourth-order valence-corrected chi connectivity index (χ4v) is 2.11. The molecule has 0 saturated heterocycles. The molecule has 0 amide bonds. The fourth-order valence-electron chi connectivity index (χ4n) is 1.70. The van der Waals surface area contributed by atoms with E-state index in [0.717, 1.165) is 34.5 Å². The van der Waals surface area contributed by atoms with Crippen LogP contribution in [-0.2, 0) is 6.54 Å². The van der Waals surface area contributed by atoms with E-state index in [1.165, 1.54) is 0 Å². The van der Waals surface area contributed by atoms with Crippen molar-refractivity contribution in [3.63, 3.8) is 0 Å². The van der Waals surface area contributed by atoms with Crippen molar-refractivity contribution in [3.05, 3.63) is 52.8 Å². The van der Waals surface area contributed by atoms with Gasteiger partial charge in [-0.05, 0) is 36.8 Å². The minimum atomic E-state index is 0.712. The lowest BCUT2D eigenvalue weighted by Gasteiger charge is -2.12. The summed E-state index contributed by atoms with van der Waals surface area (Å²) in [5.41, 5.74) is 2.13. The number of ether oxygens (including phenoxy) is 1. The van der Waals surface area contributed by atoms with Crippen molar-refractivity contribution in [2.75, 3.05) is 11.9 Å². The molecule has 0 saturated carbocycles. The topological polar surface area (TPSA) is 34.1 Å². The summed E-state index contributed by atoms with van der Waals surface area (Å²) in [6.45, 7) is 3.55. The number of nitrogens with zero attached hydrogens (tertiary/aromatic N) is 1.